The average Bonchev–Trinajstić information content (AvgIpc) is 2.49. The fourth-order valence-corrected chi connectivity index (χ4v) is 1.81. The molecule has 0 spiro atoms. The maximum Gasteiger partial charge on any atom is 0.238 e. The van der Waals surface area contributed by atoms with E-state index < -0.39 is 0 Å². The van der Waals surface area contributed by atoms with Crippen molar-refractivity contribution in [3.05, 3.63) is 34.4 Å². The third kappa shape index (κ3) is 3.17. The number of ether oxygens (including phenoxy) is 2. The molecule has 2 rings (SSSR count). The van der Waals surface area contributed by atoms with Crippen molar-refractivity contribution in [2.24, 2.45) is 0 Å². The van der Waals surface area contributed by atoms with Crippen molar-refractivity contribution >= 4 is 21.9 Å². The molecule has 0 amide bonds. The molecule has 0 aliphatic carbocycles. The average molecular weight is 340 g/mol. The summed E-state index contributed by atoms with van der Waals surface area (Å²) in [5, 5.41) is 12.0. The number of nitrogens with one attached hydrogen (secondary N) is 1. The smallest absolute Gasteiger partial charge is 0.238 e. The monoisotopic (exact) mass is 339 g/mol. The molecule has 1 aromatic heterocycles. The first-order valence-electron chi connectivity index (χ1n) is 5.84. The lowest BCUT2D eigenvalue weighted by Crippen LogP contribution is -1.99. The number of rotatable bonds is 5. The Morgan fingerprint density at radius 3 is 2.80 bits per heavy atom. The van der Waals surface area contributed by atoms with Crippen LogP contribution in [-0.2, 0) is 6.61 Å². The third-order valence-electron chi connectivity index (χ3n) is 2.55. The summed E-state index contributed by atoms with van der Waals surface area (Å²) in [5.74, 6) is 1.85. The molecule has 0 fully saturated rings. The molecule has 2 N–H and O–H groups in total. The number of aromatic nitrogens is 2. The van der Waals surface area contributed by atoms with Gasteiger partial charge in [0.05, 0.1) is 24.4 Å². The van der Waals surface area contributed by atoms with Gasteiger partial charge in [-0.1, -0.05) is 6.07 Å². The molecule has 0 radical (unpaired) electrons. The van der Waals surface area contributed by atoms with E-state index in [9.17, 15) is 0 Å². The van der Waals surface area contributed by atoms with Crippen LogP contribution in [0.2, 0.25) is 0 Å². The highest BCUT2D eigenvalue weighted by Gasteiger charge is 2.11. The van der Waals surface area contributed by atoms with Crippen LogP contribution in [0.15, 0.2) is 28.9 Å². The van der Waals surface area contributed by atoms with E-state index >= 15 is 0 Å². The highest BCUT2D eigenvalue weighted by molar-refractivity contribution is 9.10. The van der Waals surface area contributed by atoms with Crippen LogP contribution in [0, 0.1) is 0 Å². The minimum atomic E-state index is -0.0578. The molecular formula is C13H14BrN3O3. The third-order valence-corrected chi connectivity index (χ3v) is 3.10. The minimum absolute atomic E-state index is 0.0578. The summed E-state index contributed by atoms with van der Waals surface area (Å²) in [6.45, 7) is -0.0578. The summed E-state index contributed by atoms with van der Waals surface area (Å²) in [5.41, 5.74) is 0.742. The summed E-state index contributed by atoms with van der Waals surface area (Å²) >= 11 is 3.33. The number of aliphatic hydroxyl groups is 1. The Bertz CT molecular complexity index is 607. The second-order valence-corrected chi connectivity index (χ2v) is 4.70. The van der Waals surface area contributed by atoms with Crippen molar-refractivity contribution in [2.45, 2.75) is 6.61 Å². The fraction of sp³-hybridized carbons (Fsp3) is 0.231. The molecule has 1 heterocycles. The largest absolute Gasteiger partial charge is 0.493 e. The van der Waals surface area contributed by atoms with E-state index in [1.807, 2.05) is 0 Å². The normalized spacial score (nSPS) is 10.2. The zero-order valence-electron chi connectivity index (χ0n) is 11.1. The molecule has 1 aromatic carbocycles. The van der Waals surface area contributed by atoms with Gasteiger partial charge in [-0.25, -0.2) is 4.98 Å². The summed E-state index contributed by atoms with van der Waals surface area (Å²) < 4.78 is 11.6. The summed E-state index contributed by atoms with van der Waals surface area (Å²) in [4.78, 5) is 8.26. The number of hydrogen-bond acceptors (Lipinski definition) is 6. The molecule has 0 atom stereocenters. The van der Waals surface area contributed by atoms with E-state index in [-0.39, 0.29) is 6.61 Å². The molecule has 2 aromatic rings. The lowest BCUT2D eigenvalue weighted by atomic mass is 10.2. The predicted octanol–water partition coefficient (Wildman–Crippen LogP) is 2.57. The second-order valence-electron chi connectivity index (χ2n) is 3.84. The molecule has 0 aliphatic heterocycles. The summed E-state index contributed by atoms with van der Waals surface area (Å²) in [6.07, 6.45) is 1.60. The van der Waals surface area contributed by atoms with E-state index in [2.05, 4.69) is 31.2 Å². The molecule has 106 valence electrons. The zero-order valence-corrected chi connectivity index (χ0v) is 12.6. The lowest BCUT2D eigenvalue weighted by Gasteiger charge is -2.12. The van der Waals surface area contributed by atoms with Gasteiger partial charge in [-0.15, -0.1) is 0 Å². The molecular weight excluding hydrogens is 326 g/mol. The van der Waals surface area contributed by atoms with E-state index in [1.54, 1.807) is 31.4 Å². The molecule has 6 nitrogen and oxygen atoms in total. The Kier molecular flexibility index (Phi) is 4.75. The number of aliphatic hydroxyl groups excluding tert-OH is 1. The Balaban J connectivity index is 2.34. The first-order chi connectivity index (χ1) is 9.67. The second kappa shape index (κ2) is 6.53. The number of anilines is 1. The van der Waals surface area contributed by atoms with E-state index in [1.165, 1.54) is 7.11 Å². The number of hydrogen-bond donors (Lipinski definition) is 2. The van der Waals surface area contributed by atoms with E-state index in [0.29, 0.717) is 27.8 Å². The van der Waals surface area contributed by atoms with Gasteiger partial charge in [-0.3, -0.25) is 0 Å². The fourth-order valence-electron chi connectivity index (χ4n) is 1.54. The van der Waals surface area contributed by atoms with Crippen molar-refractivity contribution in [1.82, 2.24) is 9.97 Å². The van der Waals surface area contributed by atoms with Crippen molar-refractivity contribution in [3.63, 3.8) is 0 Å². The van der Waals surface area contributed by atoms with Crippen LogP contribution in [0.3, 0.4) is 0 Å². The predicted molar refractivity (Wildman–Crippen MR) is 78.3 cm³/mol. The number of benzene rings is 1. The molecule has 0 saturated carbocycles. The van der Waals surface area contributed by atoms with Gasteiger partial charge in [-0.2, -0.15) is 4.98 Å². The van der Waals surface area contributed by atoms with Crippen LogP contribution in [0.4, 0.5) is 5.95 Å². The van der Waals surface area contributed by atoms with Crippen LogP contribution in [0.1, 0.15) is 5.56 Å². The van der Waals surface area contributed by atoms with Gasteiger partial charge < -0.3 is 19.9 Å². The highest BCUT2D eigenvalue weighted by atomic mass is 79.9. The van der Waals surface area contributed by atoms with Gasteiger partial charge in [0.25, 0.3) is 0 Å². The van der Waals surface area contributed by atoms with Gasteiger partial charge in [0.15, 0.2) is 11.5 Å². The summed E-state index contributed by atoms with van der Waals surface area (Å²) in [7, 11) is 3.26. The van der Waals surface area contributed by atoms with Crippen LogP contribution in [0.25, 0.3) is 0 Å². The standard InChI is InChI=1S/C13H14BrN3O3/c1-15-13-16-6-9(14)12(17-13)20-10-4-3-8(7-18)5-11(10)19-2/h3-6,18H,7H2,1-2H3,(H,15,16,17). The molecule has 0 saturated heterocycles. The highest BCUT2D eigenvalue weighted by Crippen LogP contribution is 2.34. The minimum Gasteiger partial charge on any atom is -0.493 e. The molecule has 20 heavy (non-hydrogen) atoms. The maximum atomic E-state index is 9.12. The van der Waals surface area contributed by atoms with Crippen molar-refractivity contribution in [2.75, 3.05) is 19.5 Å². The molecule has 0 aliphatic rings. The van der Waals surface area contributed by atoms with Gasteiger partial charge in [0.2, 0.25) is 11.8 Å². The van der Waals surface area contributed by atoms with E-state index in [4.69, 9.17) is 14.6 Å². The van der Waals surface area contributed by atoms with Crippen LogP contribution >= 0.6 is 15.9 Å². The number of nitrogens with zero attached hydrogens (tertiary/aromatic N) is 2. The Hall–Kier alpha value is -1.86. The Morgan fingerprint density at radius 2 is 2.15 bits per heavy atom. The van der Waals surface area contributed by atoms with Crippen LogP contribution in [0.5, 0.6) is 17.4 Å². The topological polar surface area (TPSA) is 76.5 Å². The first kappa shape index (κ1) is 14.5. The maximum absolute atomic E-state index is 9.12. The molecule has 0 unspecified atom stereocenters. The first-order valence-corrected chi connectivity index (χ1v) is 6.63. The number of halogens is 1. The van der Waals surface area contributed by atoms with Crippen molar-refractivity contribution < 1.29 is 14.6 Å². The van der Waals surface area contributed by atoms with Gasteiger partial charge in [-0.05, 0) is 33.6 Å². The van der Waals surface area contributed by atoms with Gasteiger partial charge in [0.1, 0.15) is 0 Å². The Morgan fingerprint density at radius 1 is 1.35 bits per heavy atom. The van der Waals surface area contributed by atoms with Crippen molar-refractivity contribution in [1.29, 1.82) is 0 Å². The quantitative estimate of drug-likeness (QED) is 0.871. The van der Waals surface area contributed by atoms with Gasteiger partial charge >= 0.3 is 0 Å². The van der Waals surface area contributed by atoms with Gasteiger partial charge in [0, 0.05) is 7.05 Å². The Labute approximate surface area is 124 Å². The summed E-state index contributed by atoms with van der Waals surface area (Å²) in [6, 6.07) is 5.19. The zero-order chi connectivity index (χ0) is 14.5. The lowest BCUT2D eigenvalue weighted by molar-refractivity contribution is 0.280. The molecule has 7 heteroatoms. The molecule has 0 bridgehead atoms. The van der Waals surface area contributed by atoms with Crippen LogP contribution in [-0.4, -0.2) is 29.2 Å². The number of methoxy groups -OCH3 is 1. The van der Waals surface area contributed by atoms with E-state index in [0.717, 1.165) is 5.56 Å². The van der Waals surface area contributed by atoms with Crippen molar-refractivity contribution in [3.8, 4) is 17.4 Å². The SMILES string of the molecule is CNc1ncc(Br)c(Oc2ccc(CO)cc2OC)n1. The van der Waals surface area contributed by atoms with Crippen LogP contribution < -0.4 is 14.8 Å².